The second-order valence-corrected chi connectivity index (χ2v) is 6.56. The van der Waals surface area contributed by atoms with Crippen LogP contribution in [0.15, 0.2) is 33.8 Å². The van der Waals surface area contributed by atoms with Gasteiger partial charge in [0.25, 0.3) is 0 Å². The second kappa shape index (κ2) is 9.97. The molecule has 0 amide bonds. The van der Waals surface area contributed by atoms with E-state index in [0.29, 0.717) is 5.11 Å². The van der Waals surface area contributed by atoms with Crippen molar-refractivity contribution < 1.29 is 4.74 Å². The Morgan fingerprint density at radius 1 is 1.30 bits per heavy atom. The fourth-order valence-corrected chi connectivity index (χ4v) is 2.71. The molecule has 5 nitrogen and oxygen atoms in total. The van der Waals surface area contributed by atoms with E-state index >= 15 is 0 Å². The lowest BCUT2D eigenvalue weighted by atomic mass is 10.1. The molecule has 126 valence electrons. The summed E-state index contributed by atoms with van der Waals surface area (Å²) in [4.78, 5) is 2.36. The molecule has 1 aromatic carbocycles. The van der Waals surface area contributed by atoms with Gasteiger partial charge in [-0.05, 0) is 36.3 Å². The number of nitrogens with one attached hydrogen (secondary N) is 2. The van der Waals surface area contributed by atoms with Crippen LogP contribution in [0.4, 0.5) is 0 Å². The first-order valence-electron chi connectivity index (χ1n) is 7.85. The molecule has 23 heavy (non-hydrogen) atoms. The predicted molar refractivity (Wildman–Crippen MR) is 102 cm³/mol. The third-order valence-corrected chi connectivity index (χ3v) is 4.39. The van der Waals surface area contributed by atoms with Gasteiger partial charge >= 0.3 is 0 Å². The number of hydrazone groups is 1. The first-order valence-corrected chi connectivity index (χ1v) is 9.05. The summed E-state index contributed by atoms with van der Waals surface area (Å²) < 4.78 is 6.39. The molecule has 1 heterocycles. The number of benzene rings is 1. The van der Waals surface area contributed by atoms with E-state index in [0.717, 1.165) is 61.6 Å². The molecule has 1 aliphatic heterocycles. The number of rotatable bonds is 6. The summed E-state index contributed by atoms with van der Waals surface area (Å²) in [6.45, 7) is 7.47. The van der Waals surface area contributed by atoms with Gasteiger partial charge in [0.2, 0.25) is 0 Å². The highest BCUT2D eigenvalue weighted by molar-refractivity contribution is 9.10. The number of nitrogens with zero attached hydrogens (tertiary/aromatic N) is 2. The first-order chi connectivity index (χ1) is 11.2. The summed E-state index contributed by atoms with van der Waals surface area (Å²) >= 11 is 8.72. The molecule has 1 aromatic rings. The number of thiocarbonyl (C=S) groups is 1. The van der Waals surface area contributed by atoms with Crippen molar-refractivity contribution in [3.05, 3.63) is 34.3 Å². The molecule has 1 saturated heterocycles. The molecular formula is C16H23BrN4OS. The van der Waals surface area contributed by atoms with E-state index in [1.54, 1.807) is 0 Å². The standard InChI is InChI=1S/C16H23BrN4OS/c1-2-15(13-3-5-14(17)6-4-13)19-20-16(23)18-7-8-21-9-11-22-12-10-21/h3-6H,2,7-12H2,1H3,(H2,18,20,23)/b19-15-. The van der Waals surface area contributed by atoms with E-state index in [9.17, 15) is 0 Å². The number of ether oxygens (including phenoxy) is 1. The average molecular weight is 399 g/mol. The van der Waals surface area contributed by atoms with Crippen molar-refractivity contribution in [2.75, 3.05) is 39.4 Å². The number of morpholine rings is 1. The van der Waals surface area contributed by atoms with E-state index in [1.165, 1.54) is 0 Å². The maximum Gasteiger partial charge on any atom is 0.187 e. The van der Waals surface area contributed by atoms with E-state index < -0.39 is 0 Å². The minimum Gasteiger partial charge on any atom is -0.379 e. The molecule has 1 fully saturated rings. The van der Waals surface area contributed by atoms with Crippen molar-refractivity contribution in [3.63, 3.8) is 0 Å². The first kappa shape index (κ1) is 18.3. The molecule has 0 aromatic heterocycles. The van der Waals surface area contributed by atoms with E-state index in [4.69, 9.17) is 17.0 Å². The van der Waals surface area contributed by atoms with Crippen molar-refractivity contribution in [2.24, 2.45) is 5.10 Å². The van der Waals surface area contributed by atoms with Crippen LogP contribution in [0.3, 0.4) is 0 Å². The third-order valence-electron chi connectivity index (χ3n) is 3.62. The Morgan fingerprint density at radius 2 is 2.00 bits per heavy atom. The van der Waals surface area contributed by atoms with Crippen LogP contribution < -0.4 is 10.7 Å². The maximum atomic E-state index is 5.33. The molecule has 2 N–H and O–H groups in total. The summed E-state index contributed by atoms with van der Waals surface area (Å²) in [5.74, 6) is 0. The van der Waals surface area contributed by atoms with Crippen LogP contribution in [-0.2, 0) is 4.74 Å². The van der Waals surface area contributed by atoms with Gasteiger partial charge in [-0.25, -0.2) is 0 Å². The molecule has 0 aliphatic carbocycles. The zero-order valence-electron chi connectivity index (χ0n) is 13.3. The fourth-order valence-electron chi connectivity index (χ4n) is 2.30. The van der Waals surface area contributed by atoms with Crippen LogP contribution in [0.5, 0.6) is 0 Å². The molecule has 1 aliphatic rings. The van der Waals surface area contributed by atoms with Gasteiger partial charge in [-0.3, -0.25) is 10.3 Å². The van der Waals surface area contributed by atoms with Crippen molar-refractivity contribution in [1.82, 2.24) is 15.6 Å². The van der Waals surface area contributed by atoms with Gasteiger partial charge in [0, 0.05) is 30.7 Å². The number of hydrogen-bond acceptors (Lipinski definition) is 4. The Balaban J connectivity index is 1.75. The largest absolute Gasteiger partial charge is 0.379 e. The van der Waals surface area contributed by atoms with Crippen molar-refractivity contribution in [2.45, 2.75) is 13.3 Å². The van der Waals surface area contributed by atoms with Crippen LogP contribution >= 0.6 is 28.1 Å². The number of halogens is 1. The van der Waals surface area contributed by atoms with Gasteiger partial charge in [0.05, 0.1) is 18.9 Å². The Hall–Kier alpha value is -1.02. The maximum absolute atomic E-state index is 5.33. The Bertz CT molecular complexity index is 529. The summed E-state index contributed by atoms with van der Waals surface area (Å²) in [5, 5.41) is 8.17. The summed E-state index contributed by atoms with van der Waals surface area (Å²) in [7, 11) is 0. The van der Waals surface area contributed by atoms with Crippen molar-refractivity contribution in [3.8, 4) is 0 Å². The fraction of sp³-hybridized carbons (Fsp3) is 0.500. The highest BCUT2D eigenvalue weighted by Gasteiger charge is 2.09. The van der Waals surface area contributed by atoms with Crippen LogP contribution in [0.2, 0.25) is 0 Å². The van der Waals surface area contributed by atoms with Crippen LogP contribution in [0.1, 0.15) is 18.9 Å². The van der Waals surface area contributed by atoms with Crippen molar-refractivity contribution in [1.29, 1.82) is 0 Å². The average Bonchev–Trinajstić information content (AvgIpc) is 2.58. The van der Waals surface area contributed by atoms with Gasteiger partial charge in [-0.2, -0.15) is 5.10 Å². The van der Waals surface area contributed by atoms with E-state index in [2.05, 4.69) is 43.6 Å². The highest BCUT2D eigenvalue weighted by Crippen LogP contribution is 2.12. The Labute approximate surface area is 151 Å². The molecular weight excluding hydrogens is 376 g/mol. The summed E-state index contributed by atoms with van der Waals surface area (Å²) in [6.07, 6.45) is 0.838. The van der Waals surface area contributed by atoms with Gasteiger partial charge in [0.1, 0.15) is 0 Å². The van der Waals surface area contributed by atoms with Gasteiger partial charge in [0.15, 0.2) is 5.11 Å². The zero-order chi connectivity index (χ0) is 16.5. The van der Waals surface area contributed by atoms with Crippen LogP contribution in [0.25, 0.3) is 0 Å². The molecule has 0 spiro atoms. The molecule has 0 saturated carbocycles. The lowest BCUT2D eigenvalue weighted by Crippen LogP contribution is -2.43. The lowest BCUT2D eigenvalue weighted by Gasteiger charge is -2.26. The summed E-state index contributed by atoms with van der Waals surface area (Å²) in [5.41, 5.74) is 5.02. The van der Waals surface area contributed by atoms with Gasteiger partial charge in [-0.15, -0.1) is 0 Å². The lowest BCUT2D eigenvalue weighted by molar-refractivity contribution is 0.0389. The Morgan fingerprint density at radius 3 is 2.65 bits per heavy atom. The highest BCUT2D eigenvalue weighted by atomic mass is 79.9. The second-order valence-electron chi connectivity index (χ2n) is 5.24. The zero-order valence-corrected chi connectivity index (χ0v) is 15.8. The molecule has 7 heteroatoms. The van der Waals surface area contributed by atoms with Gasteiger partial charge < -0.3 is 10.1 Å². The van der Waals surface area contributed by atoms with E-state index in [1.807, 2.05) is 24.3 Å². The topological polar surface area (TPSA) is 48.9 Å². The van der Waals surface area contributed by atoms with Crippen molar-refractivity contribution >= 4 is 39.0 Å². The quantitative estimate of drug-likeness (QED) is 0.437. The molecule has 0 unspecified atom stereocenters. The molecule has 0 atom stereocenters. The molecule has 0 radical (unpaired) electrons. The Kier molecular flexibility index (Phi) is 7.94. The monoisotopic (exact) mass is 398 g/mol. The summed E-state index contributed by atoms with van der Waals surface area (Å²) in [6, 6.07) is 8.12. The SMILES string of the molecule is CC/C(=N/NC(=S)NCCN1CCOCC1)c1ccc(Br)cc1. The van der Waals surface area contributed by atoms with Gasteiger partial charge in [-0.1, -0.05) is 35.0 Å². The molecule has 0 bridgehead atoms. The minimum absolute atomic E-state index is 0.557. The van der Waals surface area contributed by atoms with Crippen LogP contribution in [0, 0.1) is 0 Å². The van der Waals surface area contributed by atoms with E-state index in [-0.39, 0.29) is 0 Å². The van der Waals surface area contributed by atoms with Crippen LogP contribution in [-0.4, -0.2) is 55.1 Å². The third kappa shape index (κ3) is 6.55. The predicted octanol–water partition coefficient (Wildman–Crippen LogP) is 2.36. The minimum atomic E-state index is 0.557. The number of hydrogen-bond donors (Lipinski definition) is 2. The normalized spacial score (nSPS) is 16.2. The smallest absolute Gasteiger partial charge is 0.187 e. The molecule has 2 rings (SSSR count).